The van der Waals surface area contributed by atoms with Gasteiger partial charge in [-0.2, -0.15) is 0 Å². The molecule has 2 nitrogen and oxygen atoms in total. The number of aldehydes is 1. The minimum absolute atomic E-state index is 0.113. The Hall–Kier alpha value is -0.440. The minimum atomic E-state index is -0.804. The summed E-state index contributed by atoms with van der Waals surface area (Å²) in [5.74, 6) is 1.31. The third-order valence-electron chi connectivity index (χ3n) is 4.75. The number of likely N-dealkylation sites (N-methyl/N-ethyl adjacent to an activating group) is 1. The van der Waals surface area contributed by atoms with Crippen LogP contribution < -0.4 is 5.32 Å². The van der Waals surface area contributed by atoms with Gasteiger partial charge >= 0.3 is 0 Å². The molecule has 2 saturated carbocycles. The molecular formula is C14H24FNO. The van der Waals surface area contributed by atoms with Crippen molar-refractivity contribution in [1.29, 1.82) is 0 Å². The third kappa shape index (κ3) is 2.87. The van der Waals surface area contributed by atoms with Crippen molar-refractivity contribution in [3.05, 3.63) is 0 Å². The van der Waals surface area contributed by atoms with Gasteiger partial charge in [-0.3, -0.25) is 0 Å². The molecule has 0 bridgehead atoms. The van der Waals surface area contributed by atoms with Crippen molar-refractivity contribution in [2.24, 2.45) is 23.7 Å². The zero-order valence-corrected chi connectivity index (χ0v) is 10.9. The molecule has 0 aliphatic heterocycles. The van der Waals surface area contributed by atoms with Crippen molar-refractivity contribution >= 4 is 6.29 Å². The standard InChI is InChI=1S/C14H24FNO/c1-9-3-6-11(13(8-17)16-2)14(15)12(9)7-10-4-5-10/h8-14,16H,3-7H2,1-2H3/t9-,11-,12+,13+,14+/m0/s1. The zero-order chi connectivity index (χ0) is 12.4. The molecule has 17 heavy (non-hydrogen) atoms. The molecule has 2 aliphatic carbocycles. The molecule has 5 atom stereocenters. The number of carbonyl (C=O) groups is 1. The molecule has 0 aromatic heterocycles. The number of alkyl halides is 1. The van der Waals surface area contributed by atoms with E-state index in [2.05, 4.69) is 12.2 Å². The summed E-state index contributed by atoms with van der Waals surface area (Å²) in [6, 6.07) is -0.306. The lowest BCUT2D eigenvalue weighted by Gasteiger charge is -2.40. The van der Waals surface area contributed by atoms with Crippen molar-refractivity contribution in [2.45, 2.75) is 51.2 Å². The van der Waals surface area contributed by atoms with Crippen LogP contribution in [0.1, 0.15) is 39.0 Å². The highest BCUT2D eigenvalue weighted by Crippen LogP contribution is 2.45. The van der Waals surface area contributed by atoms with Gasteiger partial charge in [0.2, 0.25) is 0 Å². The second-order valence-corrected chi connectivity index (χ2v) is 5.96. The van der Waals surface area contributed by atoms with Crippen LogP contribution in [0.3, 0.4) is 0 Å². The number of hydrogen-bond donors (Lipinski definition) is 1. The molecule has 1 N–H and O–H groups in total. The number of rotatable bonds is 5. The van der Waals surface area contributed by atoms with Crippen LogP contribution in [0.4, 0.5) is 4.39 Å². The van der Waals surface area contributed by atoms with Crippen LogP contribution in [0.25, 0.3) is 0 Å². The molecule has 0 spiro atoms. The Kier molecular flexibility index (Phi) is 4.18. The summed E-state index contributed by atoms with van der Waals surface area (Å²) in [7, 11) is 1.75. The molecule has 0 aromatic rings. The Morgan fingerprint density at radius 1 is 1.35 bits per heavy atom. The maximum atomic E-state index is 14.6. The van der Waals surface area contributed by atoms with E-state index in [1.165, 1.54) is 12.8 Å². The molecule has 2 rings (SSSR count). The van der Waals surface area contributed by atoms with Crippen LogP contribution in [0.5, 0.6) is 0 Å². The molecular weight excluding hydrogens is 217 g/mol. The summed E-state index contributed by atoms with van der Waals surface area (Å²) >= 11 is 0. The van der Waals surface area contributed by atoms with Crippen molar-refractivity contribution in [1.82, 2.24) is 5.32 Å². The number of nitrogens with one attached hydrogen (secondary N) is 1. The van der Waals surface area contributed by atoms with E-state index in [0.29, 0.717) is 5.92 Å². The van der Waals surface area contributed by atoms with E-state index in [9.17, 15) is 9.18 Å². The Bertz CT molecular complexity index is 267. The molecule has 3 heteroatoms. The summed E-state index contributed by atoms with van der Waals surface area (Å²) in [5.41, 5.74) is 0. The quantitative estimate of drug-likeness (QED) is 0.750. The van der Waals surface area contributed by atoms with Crippen molar-refractivity contribution < 1.29 is 9.18 Å². The Morgan fingerprint density at radius 2 is 2.06 bits per heavy atom. The fourth-order valence-electron chi connectivity index (χ4n) is 3.32. The fourth-order valence-corrected chi connectivity index (χ4v) is 3.32. The second kappa shape index (κ2) is 5.47. The van der Waals surface area contributed by atoms with E-state index in [0.717, 1.165) is 31.5 Å². The number of carbonyl (C=O) groups excluding carboxylic acids is 1. The normalized spacial score (nSPS) is 39.9. The van der Waals surface area contributed by atoms with Gasteiger partial charge in [-0.25, -0.2) is 4.39 Å². The van der Waals surface area contributed by atoms with Crippen molar-refractivity contribution in [2.75, 3.05) is 7.05 Å². The van der Waals surface area contributed by atoms with Gasteiger partial charge < -0.3 is 10.1 Å². The van der Waals surface area contributed by atoms with Crippen LogP contribution in [0.2, 0.25) is 0 Å². The Labute approximate surface area is 103 Å². The summed E-state index contributed by atoms with van der Waals surface area (Å²) in [4.78, 5) is 11.0. The lowest BCUT2D eigenvalue weighted by Crippen LogP contribution is -2.46. The van der Waals surface area contributed by atoms with Crippen molar-refractivity contribution in [3.63, 3.8) is 0 Å². The minimum Gasteiger partial charge on any atom is -0.310 e. The Balaban J connectivity index is 2.01. The predicted molar refractivity (Wildman–Crippen MR) is 66.5 cm³/mol. The van der Waals surface area contributed by atoms with E-state index < -0.39 is 6.17 Å². The largest absolute Gasteiger partial charge is 0.310 e. The molecule has 2 aliphatic rings. The van der Waals surface area contributed by atoms with Crippen LogP contribution in [0.15, 0.2) is 0 Å². The first-order valence-electron chi connectivity index (χ1n) is 6.94. The van der Waals surface area contributed by atoms with Crippen molar-refractivity contribution in [3.8, 4) is 0 Å². The highest BCUT2D eigenvalue weighted by Gasteiger charge is 2.42. The first kappa shape index (κ1) is 13.0. The average molecular weight is 241 g/mol. The van der Waals surface area contributed by atoms with Crippen LogP contribution in [0, 0.1) is 23.7 Å². The lowest BCUT2D eigenvalue weighted by molar-refractivity contribution is -0.112. The van der Waals surface area contributed by atoms with Crippen LogP contribution in [-0.4, -0.2) is 25.5 Å². The molecule has 0 saturated heterocycles. The SMILES string of the molecule is CN[C@H](C=O)[C@@H]1CC[C@H](C)[C@@H](CC2CC2)[C@@H]1F. The van der Waals surface area contributed by atoms with Gasteiger partial charge in [0.25, 0.3) is 0 Å². The lowest BCUT2D eigenvalue weighted by atomic mass is 9.69. The van der Waals surface area contributed by atoms with E-state index in [1.54, 1.807) is 7.05 Å². The highest BCUT2D eigenvalue weighted by atomic mass is 19.1. The maximum Gasteiger partial charge on any atom is 0.137 e. The first-order valence-corrected chi connectivity index (χ1v) is 6.94. The molecule has 2 fully saturated rings. The van der Waals surface area contributed by atoms with Gasteiger partial charge in [0.05, 0.1) is 6.04 Å². The molecule has 0 radical (unpaired) electrons. The fraction of sp³-hybridized carbons (Fsp3) is 0.929. The van der Waals surface area contributed by atoms with Crippen LogP contribution in [-0.2, 0) is 4.79 Å². The van der Waals surface area contributed by atoms with Gasteiger partial charge in [0.1, 0.15) is 12.5 Å². The van der Waals surface area contributed by atoms with Gasteiger partial charge in [0.15, 0.2) is 0 Å². The third-order valence-corrected chi connectivity index (χ3v) is 4.75. The average Bonchev–Trinajstić information content (AvgIpc) is 3.12. The van der Waals surface area contributed by atoms with E-state index in [4.69, 9.17) is 0 Å². The van der Waals surface area contributed by atoms with Gasteiger partial charge in [0, 0.05) is 5.92 Å². The van der Waals surface area contributed by atoms with E-state index in [1.807, 2.05) is 0 Å². The first-order chi connectivity index (χ1) is 8.17. The predicted octanol–water partition coefficient (Wildman–Crippen LogP) is 2.57. The highest BCUT2D eigenvalue weighted by molar-refractivity contribution is 5.58. The summed E-state index contributed by atoms with van der Waals surface area (Å²) in [6.07, 6.45) is 5.58. The number of halogens is 1. The monoisotopic (exact) mass is 241 g/mol. The Morgan fingerprint density at radius 3 is 2.59 bits per heavy atom. The molecule has 0 aromatic carbocycles. The topological polar surface area (TPSA) is 29.1 Å². The summed E-state index contributed by atoms with van der Waals surface area (Å²) in [5, 5.41) is 2.95. The second-order valence-electron chi connectivity index (χ2n) is 5.96. The summed E-state index contributed by atoms with van der Waals surface area (Å²) < 4.78 is 14.6. The van der Waals surface area contributed by atoms with E-state index >= 15 is 0 Å². The van der Waals surface area contributed by atoms with Gasteiger partial charge in [-0.05, 0) is 44.1 Å². The maximum absolute atomic E-state index is 14.6. The summed E-state index contributed by atoms with van der Waals surface area (Å²) in [6.45, 7) is 2.17. The molecule has 0 unspecified atom stereocenters. The smallest absolute Gasteiger partial charge is 0.137 e. The molecule has 0 heterocycles. The van der Waals surface area contributed by atoms with Gasteiger partial charge in [-0.15, -0.1) is 0 Å². The number of hydrogen-bond acceptors (Lipinski definition) is 2. The van der Waals surface area contributed by atoms with E-state index in [-0.39, 0.29) is 17.9 Å². The van der Waals surface area contributed by atoms with Gasteiger partial charge in [-0.1, -0.05) is 19.8 Å². The molecule has 98 valence electrons. The zero-order valence-electron chi connectivity index (χ0n) is 10.9. The molecule has 0 amide bonds. The van der Waals surface area contributed by atoms with Crippen LogP contribution >= 0.6 is 0 Å².